The second-order valence-electron chi connectivity index (χ2n) is 8.11. The van der Waals surface area contributed by atoms with Crippen molar-refractivity contribution in [1.29, 1.82) is 0 Å². The van der Waals surface area contributed by atoms with Gasteiger partial charge in [0.25, 0.3) is 5.91 Å². The van der Waals surface area contributed by atoms with Gasteiger partial charge < -0.3 is 15.0 Å². The van der Waals surface area contributed by atoms with E-state index in [1.54, 1.807) is 19.1 Å². The third kappa shape index (κ3) is 5.40. The molecule has 0 bridgehead atoms. The molecule has 1 saturated carbocycles. The lowest BCUT2D eigenvalue weighted by Gasteiger charge is -2.34. The molecule has 0 radical (unpaired) electrons. The highest BCUT2D eigenvalue weighted by Crippen LogP contribution is 2.25. The maximum Gasteiger partial charge on any atom is 0.263 e. The Hall–Kier alpha value is -1.75. The lowest BCUT2D eigenvalue weighted by Crippen LogP contribution is -2.50. The Kier molecular flexibility index (Phi) is 7.22. The summed E-state index contributed by atoms with van der Waals surface area (Å²) in [5.74, 6) is 1.06. The van der Waals surface area contributed by atoms with Crippen molar-refractivity contribution >= 4 is 23.4 Å². The fraction of sp³-hybridized carbons (Fsp3) is 0.636. The fourth-order valence-corrected chi connectivity index (χ4v) is 4.40. The van der Waals surface area contributed by atoms with Crippen molar-refractivity contribution in [2.24, 2.45) is 5.92 Å². The minimum absolute atomic E-state index is 0.00796. The van der Waals surface area contributed by atoms with Crippen molar-refractivity contribution < 1.29 is 14.3 Å². The van der Waals surface area contributed by atoms with Crippen LogP contribution >= 0.6 is 11.6 Å². The van der Waals surface area contributed by atoms with Gasteiger partial charge in [-0.15, -0.1) is 0 Å². The van der Waals surface area contributed by atoms with Gasteiger partial charge in [0, 0.05) is 30.1 Å². The van der Waals surface area contributed by atoms with Crippen LogP contribution in [0.3, 0.4) is 0 Å². The number of likely N-dealkylation sites (tertiary alicyclic amines) is 1. The first-order chi connectivity index (χ1) is 13.4. The first-order valence-electron chi connectivity index (χ1n) is 10.5. The van der Waals surface area contributed by atoms with Gasteiger partial charge in [-0.3, -0.25) is 9.59 Å². The van der Waals surface area contributed by atoms with Crippen molar-refractivity contribution in [3.05, 3.63) is 28.8 Å². The van der Waals surface area contributed by atoms with Gasteiger partial charge in [-0.1, -0.05) is 30.9 Å². The summed E-state index contributed by atoms with van der Waals surface area (Å²) in [5, 5.41) is 3.86. The molecule has 1 aliphatic heterocycles. The molecule has 1 heterocycles. The number of hydrogen-bond acceptors (Lipinski definition) is 3. The number of ether oxygens (including phenoxy) is 1. The Bertz CT molecular complexity index is 695. The van der Waals surface area contributed by atoms with Crippen molar-refractivity contribution in [3.8, 4) is 5.75 Å². The van der Waals surface area contributed by atoms with Gasteiger partial charge in [-0.05, 0) is 63.3 Å². The Morgan fingerprint density at radius 2 is 1.82 bits per heavy atom. The van der Waals surface area contributed by atoms with E-state index in [1.807, 2.05) is 17.9 Å². The summed E-state index contributed by atoms with van der Waals surface area (Å²) in [7, 11) is 0. The monoisotopic (exact) mass is 406 g/mol. The summed E-state index contributed by atoms with van der Waals surface area (Å²) in [4.78, 5) is 27.0. The Labute approximate surface area is 172 Å². The highest BCUT2D eigenvalue weighted by Gasteiger charge is 2.29. The van der Waals surface area contributed by atoms with E-state index in [4.69, 9.17) is 16.3 Å². The third-order valence-corrected chi connectivity index (χ3v) is 6.15. The molecule has 0 aromatic heterocycles. The predicted octanol–water partition coefficient (Wildman–Crippen LogP) is 4.10. The number of amides is 2. The highest BCUT2D eigenvalue weighted by molar-refractivity contribution is 6.30. The number of nitrogens with one attached hydrogen (secondary N) is 1. The topological polar surface area (TPSA) is 58.6 Å². The van der Waals surface area contributed by atoms with Crippen LogP contribution in [0.25, 0.3) is 0 Å². The minimum atomic E-state index is -0.548. The molecule has 1 aromatic carbocycles. The maximum atomic E-state index is 12.7. The standard InChI is InChI=1S/C22H31ClN2O3/c1-15-14-18(23)8-9-20(15)28-16(2)22(27)25-12-10-19(11-13-25)24-21(26)17-6-4-3-5-7-17/h8-9,14,16-17,19H,3-7,10-13H2,1-2H3,(H,24,26). The predicted molar refractivity (Wildman–Crippen MR) is 111 cm³/mol. The lowest BCUT2D eigenvalue weighted by molar-refractivity contribution is -0.139. The van der Waals surface area contributed by atoms with E-state index >= 15 is 0 Å². The smallest absolute Gasteiger partial charge is 0.263 e. The van der Waals surface area contributed by atoms with E-state index in [0.29, 0.717) is 23.9 Å². The second kappa shape index (κ2) is 9.64. The summed E-state index contributed by atoms with van der Waals surface area (Å²) in [6, 6.07) is 5.57. The highest BCUT2D eigenvalue weighted by atomic mass is 35.5. The molecule has 154 valence electrons. The molecule has 5 nitrogen and oxygen atoms in total. The average Bonchev–Trinajstić information content (AvgIpc) is 2.70. The number of rotatable bonds is 5. The van der Waals surface area contributed by atoms with Crippen LogP contribution in [0.15, 0.2) is 18.2 Å². The van der Waals surface area contributed by atoms with E-state index in [2.05, 4.69) is 5.32 Å². The zero-order valence-electron chi connectivity index (χ0n) is 16.9. The van der Waals surface area contributed by atoms with Crippen LogP contribution in [0, 0.1) is 12.8 Å². The van der Waals surface area contributed by atoms with E-state index in [0.717, 1.165) is 44.1 Å². The number of benzene rings is 1. The molecule has 1 N–H and O–H groups in total. The number of halogens is 1. The number of carbonyl (C=O) groups excluding carboxylic acids is 2. The molecule has 2 fully saturated rings. The van der Waals surface area contributed by atoms with Crippen LogP contribution in [0.2, 0.25) is 5.02 Å². The fourth-order valence-electron chi connectivity index (χ4n) is 4.17. The van der Waals surface area contributed by atoms with Crippen molar-refractivity contribution in [3.63, 3.8) is 0 Å². The summed E-state index contributed by atoms with van der Waals surface area (Å²) in [5.41, 5.74) is 0.913. The van der Waals surface area contributed by atoms with Gasteiger partial charge >= 0.3 is 0 Å². The van der Waals surface area contributed by atoms with Crippen LogP contribution < -0.4 is 10.1 Å². The van der Waals surface area contributed by atoms with E-state index in [9.17, 15) is 9.59 Å². The second-order valence-corrected chi connectivity index (χ2v) is 8.55. The summed E-state index contributed by atoms with van der Waals surface area (Å²) >= 11 is 5.98. The van der Waals surface area contributed by atoms with E-state index in [1.165, 1.54) is 6.42 Å². The number of piperidine rings is 1. The van der Waals surface area contributed by atoms with Gasteiger partial charge in [-0.25, -0.2) is 0 Å². The normalized spacial score (nSPS) is 19.9. The lowest BCUT2D eigenvalue weighted by atomic mass is 9.88. The molecule has 28 heavy (non-hydrogen) atoms. The van der Waals surface area contributed by atoms with E-state index in [-0.39, 0.29) is 23.8 Å². The molecule has 1 aliphatic carbocycles. The zero-order valence-corrected chi connectivity index (χ0v) is 17.6. The molecule has 3 rings (SSSR count). The molecule has 2 amide bonds. The average molecular weight is 407 g/mol. The molecule has 6 heteroatoms. The molecule has 1 atom stereocenters. The summed E-state index contributed by atoms with van der Waals surface area (Å²) in [6.07, 6.45) is 6.66. The van der Waals surface area contributed by atoms with Crippen LogP contribution in [0.1, 0.15) is 57.4 Å². The van der Waals surface area contributed by atoms with Gasteiger partial charge in [-0.2, -0.15) is 0 Å². The van der Waals surface area contributed by atoms with Crippen molar-refractivity contribution in [2.45, 2.75) is 70.9 Å². The Morgan fingerprint density at radius 1 is 1.14 bits per heavy atom. The maximum absolute atomic E-state index is 12.7. The molecular weight excluding hydrogens is 376 g/mol. The molecule has 1 aromatic rings. The van der Waals surface area contributed by atoms with Crippen LogP contribution in [-0.2, 0) is 9.59 Å². The first-order valence-corrected chi connectivity index (χ1v) is 10.8. The number of hydrogen-bond donors (Lipinski definition) is 1. The quantitative estimate of drug-likeness (QED) is 0.800. The minimum Gasteiger partial charge on any atom is -0.481 e. The van der Waals surface area contributed by atoms with Gasteiger partial charge in [0.1, 0.15) is 5.75 Å². The molecular formula is C22H31ClN2O3. The van der Waals surface area contributed by atoms with Gasteiger partial charge in [0.2, 0.25) is 5.91 Å². The SMILES string of the molecule is Cc1cc(Cl)ccc1OC(C)C(=O)N1CCC(NC(=O)C2CCCCC2)CC1. The van der Waals surface area contributed by atoms with Crippen molar-refractivity contribution in [1.82, 2.24) is 10.2 Å². The number of nitrogens with zero attached hydrogens (tertiary/aromatic N) is 1. The Balaban J connectivity index is 1.45. The van der Waals surface area contributed by atoms with Crippen LogP contribution in [-0.4, -0.2) is 41.9 Å². The summed E-state index contributed by atoms with van der Waals surface area (Å²) < 4.78 is 5.87. The molecule has 0 spiro atoms. The van der Waals surface area contributed by atoms with Gasteiger partial charge in [0.15, 0.2) is 6.10 Å². The van der Waals surface area contributed by atoms with E-state index < -0.39 is 6.10 Å². The Morgan fingerprint density at radius 3 is 2.46 bits per heavy atom. The third-order valence-electron chi connectivity index (χ3n) is 5.92. The van der Waals surface area contributed by atoms with Gasteiger partial charge in [0.05, 0.1) is 0 Å². The largest absolute Gasteiger partial charge is 0.481 e. The van der Waals surface area contributed by atoms with Crippen LogP contribution in [0.4, 0.5) is 0 Å². The molecule has 1 unspecified atom stereocenters. The summed E-state index contributed by atoms with van der Waals surface area (Å²) in [6.45, 7) is 5.01. The number of aryl methyl sites for hydroxylation is 1. The first kappa shape index (κ1) is 21.0. The van der Waals surface area contributed by atoms with Crippen LogP contribution in [0.5, 0.6) is 5.75 Å². The van der Waals surface area contributed by atoms with Crippen molar-refractivity contribution in [2.75, 3.05) is 13.1 Å². The molecule has 1 saturated heterocycles. The number of carbonyl (C=O) groups is 2. The molecule has 2 aliphatic rings. The zero-order chi connectivity index (χ0) is 20.1.